The van der Waals surface area contributed by atoms with Crippen molar-refractivity contribution in [3.8, 4) is 0 Å². The Bertz CT molecular complexity index is 903. The Morgan fingerprint density at radius 3 is 2.10 bits per heavy atom. The number of ether oxygens (including phenoxy) is 1. The number of carbonyl (C=O) groups is 2. The van der Waals surface area contributed by atoms with Crippen LogP contribution in [0, 0.1) is 5.82 Å². The number of rotatable bonds is 6. The highest BCUT2D eigenvalue weighted by Gasteiger charge is 2.42. The van der Waals surface area contributed by atoms with Crippen molar-refractivity contribution < 1.29 is 18.7 Å². The summed E-state index contributed by atoms with van der Waals surface area (Å²) in [6.45, 7) is 3.16. The first-order chi connectivity index (χ1) is 15.0. The topological polar surface area (TPSA) is 70.7 Å². The number of amides is 2. The number of halogens is 1. The highest BCUT2D eigenvalue weighted by atomic mass is 19.1. The van der Waals surface area contributed by atoms with E-state index in [-0.39, 0.29) is 17.6 Å². The van der Waals surface area contributed by atoms with Crippen LogP contribution < -0.4 is 10.6 Å². The van der Waals surface area contributed by atoms with Gasteiger partial charge >= 0.3 is 0 Å². The van der Waals surface area contributed by atoms with Crippen LogP contribution in [0.1, 0.15) is 31.2 Å². The van der Waals surface area contributed by atoms with E-state index < -0.39 is 5.41 Å². The third kappa shape index (κ3) is 5.11. The lowest BCUT2D eigenvalue weighted by atomic mass is 9.78. The van der Waals surface area contributed by atoms with Gasteiger partial charge in [0.2, 0.25) is 11.8 Å². The molecule has 2 N–H and O–H groups in total. The number of morpholine rings is 1. The SMILES string of the molecule is O=C(CN1CCOCC1)Nc1ccc(NC(=O)C2(c3ccc(F)cc3)CCCC2)cc1. The molecule has 0 unspecified atom stereocenters. The number of carbonyl (C=O) groups excluding carboxylic acids is 2. The fourth-order valence-corrected chi connectivity index (χ4v) is 4.44. The van der Waals surface area contributed by atoms with Crippen LogP contribution in [-0.4, -0.2) is 49.6 Å². The molecule has 1 heterocycles. The molecular weight excluding hydrogens is 397 g/mol. The van der Waals surface area contributed by atoms with Crippen molar-refractivity contribution in [2.45, 2.75) is 31.1 Å². The molecule has 7 heteroatoms. The van der Waals surface area contributed by atoms with Crippen LogP contribution in [0.15, 0.2) is 48.5 Å². The second kappa shape index (κ2) is 9.58. The van der Waals surface area contributed by atoms with E-state index in [1.807, 2.05) is 0 Å². The molecule has 2 aromatic carbocycles. The zero-order valence-electron chi connectivity index (χ0n) is 17.5. The van der Waals surface area contributed by atoms with Gasteiger partial charge in [-0.05, 0) is 54.8 Å². The molecule has 0 atom stereocenters. The van der Waals surface area contributed by atoms with Crippen molar-refractivity contribution in [1.29, 1.82) is 0 Å². The van der Waals surface area contributed by atoms with Gasteiger partial charge in [0.15, 0.2) is 0 Å². The molecule has 1 saturated carbocycles. The van der Waals surface area contributed by atoms with Gasteiger partial charge in [0.1, 0.15) is 5.82 Å². The molecule has 4 rings (SSSR count). The lowest BCUT2D eigenvalue weighted by molar-refractivity contribution is -0.121. The molecule has 0 radical (unpaired) electrons. The van der Waals surface area contributed by atoms with Crippen molar-refractivity contribution in [3.05, 3.63) is 59.9 Å². The van der Waals surface area contributed by atoms with Crippen molar-refractivity contribution in [2.75, 3.05) is 43.5 Å². The van der Waals surface area contributed by atoms with E-state index in [2.05, 4.69) is 15.5 Å². The number of hydrogen-bond donors (Lipinski definition) is 2. The maximum Gasteiger partial charge on any atom is 0.238 e. The summed E-state index contributed by atoms with van der Waals surface area (Å²) in [4.78, 5) is 27.5. The van der Waals surface area contributed by atoms with Crippen LogP contribution in [0.4, 0.5) is 15.8 Å². The monoisotopic (exact) mass is 425 g/mol. The van der Waals surface area contributed by atoms with Crippen LogP contribution in [-0.2, 0) is 19.7 Å². The Morgan fingerprint density at radius 2 is 1.48 bits per heavy atom. The molecular formula is C24H28FN3O3. The van der Waals surface area contributed by atoms with Crippen LogP contribution in [0.5, 0.6) is 0 Å². The summed E-state index contributed by atoms with van der Waals surface area (Å²) >= 11 is 0. The molecule has 31 heavy (non-hydrogen) atoms. The first-order valence-electron chi connectivity index (χ1n) is 10.8. The lowest BCUT2D eigenvalue weighted by Gasteiger charge is -2.28. The van der Waals surface area contributed by atoms with E-state index >= 15 is 0 Å². The molecule has 0 spiro atoms. The van der Waals surface area contributed by atoms with E-state index in [0.29, 0.717) is 31.1 Å². The molecule has 1 aliphatic carbocycles. The van der Waals surface area contributed by atoms with Crippen LogP contribution in [0.2, 0.25) is 0 Å². The summed E-state index contributed by atoms with van der Waals surface area (Å²) < 4.78 is 18.7. The number of nitrogens with zero attached hydrogens (tertiary/aromatic N) is 1. The second-order valence-corrected chi connectivity index (χ2v) is 8.26. The van der Waals surface area contributed by atoms with Crippen molar-refractivity contribution >= 4 is 23.2 Å². The van der Waals surface area contributed by atoms with Gasteiger partial charge < -0.3 is 15.4 Å². The molecule has 0 aromatic heterocycles. The third-order valence-electron chi connectivity index (χ3n) is 6.19. The summed E-state index contributed by atoms with van der Waals surface area (Å²) in [7, 11) is 0. The third-order valence-corrected chi connectivity index (χ3v) is 6.19. The second-order valence-electron chi connectivity index (χ2n) is 8.26. The average molecular weight is 426 g/mol. The number of hydrogen-bond acceptors (Lipinski definition) is 4. The highest BCUT2D eigenvalue weighted by molar-refractivity contribution is 6.00. The molecule has 6 nitrogen and oxygen atoms in total. The van der Waals surface area contributed by atoms with Gasteiger partial charge in [0.25, 0.3) is 0 Å². The summed E-state index contributed by atoms with van der Waals surface area (Å²) in [5, 5.41) is 5.91. The quantitative estimate of drug-likeness (QED) is 0.743. The molecule has 0 bridgehead atoms. The van der Waals surface area contributed by atoms with Crippen LogP contribution in [0.3, 0.4) is 0 Å². The van der Waals surface area contributed by atoms with E-state index in [4.69, 9.17) is 4.74 Å². The van der Waals surface area contributed by atoms with Gasteiger partial charge in [0.05, 0.1) is 25.2 Å². The molecule has 1 aliphatic heterocycles. The Hall–Kier alpha value is -2.77. The van der Waals surface area contributed by atoms with Gasteiger partial charge in [-0.1, -0.05) is 25.0 Å². The first kappa shape index (κ1) is 21.5. The minimum atomic E-state index is -0.626. The number of anilines is 2. The predicted molar refractivity (Wildman–Crippen MR) is 118 cm³/mol. The molecule has 2 aromatic rings. The smallest absolute Gasteiger partial charge is 0.238 e. The zero-order valence-corrected chi connectivity index (χ0v) is 17.5. The Labute approximate surface area is 181 Å². The standard InChI is InChI=1S/C24H28FN3O3/c25-19-5-3-18(4-6-19)24(11-1-2-12-24)23(30)27-21-9-7-20(8-10-21)26-22(29)17-28-13-15-31-16-14-28/h3-10H,1-2,11-17H2,(H,26,29)(H,27,30). The van der Waals surface area contributed by atoms with Gasteiger partial charge in [0, 0.05) is 24.5 Å². The zero-order chi connectivity index (χ0) is 21.7. The van der Waals surface area contributed by atoms with Gasteiger partial charge in [-0.25, -0.2) is 4.39 Å². The van der Waals surface area contributed by atoms with Gasteiger partial charge in [-0.3, -0.25) is 14.5 Å². The summed E-state index contributed by atoms with van der Waals surface area (Å²) in [6, 6.07) is 13.4. The molecule has 2 fully saturated rings. The van der Waals surface area contributed by atoms with E-state index in [1.54, 1.807) is 36.4 Å². The van der Waals surface area contributed by atoms with E-state index in [0.717, 1.165) is 44.3 Å². The van der Waals surface area contributed by atoms with Crippen molar-refractivity contribution in [3.63, 3.8) is 0 Å². The minimum Gasteiger partial charge on any atom is -0.379 e. The summed E-state index contributed by atoms with van der Waals surface area (Å²) in [5.41, 5.74) is 1.59. The number of benzene rings is 2. The summed E-state index contributed by atoms with van der Waals surface area (Å²) in [6.07, 6.45) is 3.44. The number of nitrogens with one attached hydrogen (secondary N) is 2. The maximum atomic E-state index is 13.4. The van der Waals surface area contributed by atoms with E-state index in [1.165, 1.54) is 12.1 Å². The molecule has 164 valence electrons. The maximum absolute atomic E-state index is 13.4. The van der Waals surface area contributed by atoms with Crippen LogP contribution >= 0.6 is 0 Å². The summed E-state index contributed by atoms with van der Waals surface area (Å²) in [5.74, 6) is -0.441. The molecule has 1 saturated heterocycles. The average Bonchev–Trinajstić information content (AvgIpc) is 3.27. The predicted octanol–water partition coefficient (Wildman–Crippen LogP) is 3.55. The van der Waals surface area contributed by atoms with Crippen LogP contribution in [0.25, 0.3) is 0 Å². The first-order valence-corrected chi connectivity index (χ1v) is 10.8. The fourth-order valence-electron chi connectivity index (χ4n) is 4.44. The minimum absolute atomic E-state index is 0.0688. The fraction of sp³-hybridized carbons (Fsp3) is 0.417. The van der Waals surface area contributed by atoms with Crippen molar-refractivity contribution in [1.82, 2.24) is 4.90 Å². The van der Waals surface area contributed by atoms with Gasteiger partial charge in [-0.15, -0.1) is 0 Å². The highest BCUT2D eigenvalue weighted by Crippen LogP contribution is 2.42. The van der Waals surface area contributed by atoms with E-state index in [9.17, 15) is 14.0 Å². The Morgan fingerprint density at radius 1 is 0.903 bits per heavy atom. The molecule has 2 amide bonds. The Kier molecular flexibility index (Phi) is 6.63. The largest absolute Gasteiger partial charge is 0.379 e. The lowest BCUT2D eigenvalue weighted by Crippen LogP contribution is -2.41. The normalized spacial score (nSPS) is 18.5. The molecule has 2 aliphatic rings. The Balaban J connectivity index is 1.38. The van der Waals surface area contributed by atoms with Gasteiger partial charge in [-0.2, -0.15) is 0 Å². The van der Waals surface area contributed by atoms with Crippen molar-refractivity contribution in [2.24, 2.45) is 0 Å².